The molecule has 1 saturated heterocycles. The van der Waals surface area contributed by atoms with Gasteiger partial charge in [0, 0.05) is 5.69 Å². The molecule has 1 aliphatic heterocycles. The van der Waals surface area contributed by atoms with Crippen LogP contribution in [0.5, 0.6) is 11.5 Å². The van der Waals surface area contributed by atoms with Crippen molar-refractivity contribution in [2.75, 3.05) is 18.5 Å². The van der Waals surface area contributed by atoms with Crippen molar-refractivity contribution in [3.05, 3.63) is 93.9 Å². The molecule has 1 N–H and O–H groups in total. The Balaban J connectivity index is 1.42. The highest BCUT2D eigenvalue weighted by Crippen LogP contribution is 2.35. The maximum atomic E-state index is 13.0. The van der Waals surface area contributed by atoms with Gasteiger partial charge in [0.2, 0.25) is 5.91 Å². The minimum absolute atomic E-state index is 0.241. The summed E-state index contributed by atoms with van der Waals surface area (Å²) in [7, 11) is 0. The Kier molecular flexibility index (Phi) is 9.09. The number of benzene rings is 3. The Morgan fingerprint density at radius 2 is 1.77 bits per heavy atom. The van der Waals surface area contributed by atoms with Gasteiger partial charge in [-0.25, -0.2) is 0 Å². The van der Waals surface area contributed by atoms with Crippen LogP contribution in [0.25, 0.3) is 6.08 Å². The summed E-state index contributed by atoms with van der Waals surface area (Å²) in [5.41, 5.74) is 4.65. The molecule has 0 unspecified atom stereocenters. The number of carbonyl (C=O) groups excluding carboxylic acids is 3. The highest BCUT2D eigenvalue weighted by Gasteiger charge is 2.36. The van der Waals surface area contributed by atoms with Crippen LogP contribution < -0.4 is 14.8 Å². The highest BCUT2D eigenvalue weighted by molar-refractivity contribution is 8.18. The van der Waals surface area contributed by atoms with Crippen LogP contribution in [-0.4, -0.2) is 35.1 Å². The van der Waals surface area contributed by atoms with Gasteiger partial charge in [0.05, 0.1) is 11.5 Å². The SMILES string of the molecule is CCOc1cc(/C=C2\SC(=O)N(CC(=O)Nc3ccc(C(C)C)cc3)C2=O)ccc1OCc1cccc(C)c1. The van der Waals surface area contributed by atoms with Crippen LogP contribution in [0.4, 0.5) is 10.5 Å². The van der Waals surface area contributed by atoms with Gasteiger partial charge < -0.3 is 14.8 Å². The fourth-order valence-corrected chi connectivity index (χ4v) is 4.89. The lowest BCUT2D eigenvalue weighted by atomic mass is 10.0. The Bertz CT molecular complexity index is 1400. The zero-order valence-electron chi connectivity index (χ0n) is 22.5. The molecule has 4 rings (SSSR count). The quantitative estimate of drug-likeness (QED) is 0.284. The summed E-state index contributed by atoms with van der Waals surface area (Å²) < 4.78 is 11.8. The average Bonchev–Trinajstić information content (AvgIpc) is 3.16. The van der Waals surface area contributed by atoms with Crippen molar-refractivity contribution in [1.82, 2.24) is 4.90 Å². The fraction of sp³-hybridized carbons (Fsp3) is 0.258. The molecule has 8 heteroatoms. The summed E-state index contributed by atoms with van der Waals surface area (Å²) >= 11 is 0.809. The maximum absolute atomic E-state index is 13.0. The maximum Gasteiger partial charge on any atom is 0.294 e. The first-order valence-electron chi connectivity index (χ1n) is 12.8. The van der Waals surface area contributed by atoms with E-state index < -0.39 is 17.1 Å². The van der Waals surface area contributed by atoms with Crippen molar-refractivity contribution in [2.45, 2.75) is 40.2 Å². The Morgan fingerprint density at radius 3 is 2.46 bits per heavy atom. The lowest BCUT2D eigenvalue weighted by molar-refractivity contribution is -0.127. The number of nitrogens with zero attached hydrogens (tertiary/aromatic N) is 1. The molecule has 1 heterocycles. The van der Waals surface area contributed by atoms with Crippen molar-refractivity contribution in [1.29, 1.82) is 0 Å². The summed E-state index contributed by atoms with van der Waals surface area (Å²) in [6.07, 6.45) is 1.63. The summed E-state index contributed by atoms with van der Waals surface area (Å²) in [6.45, 7) is 8.57. The lowest BCUT2D eigenvalue weighted by Crippen LogP contribution is -2.36. The summed E-state index contributed by atoms with van der Waals surface area (Å²) in [4.78, 5) is 39.3. The molecule has 39 heavy (non-hydrogen) atoms. The van der Waals surface area contributed by atoms with E-state index in [0.717, 1.165) is 33.4 Å². The number of imide groups is 1. The monoisotopic (exact) mass is 544 g/mol. The van der Waals surface area contributed by atoms with E-state index in [2.05, 4.69) is 25.2 Å². The van der Waals surface area contributed by atoms with Gasteiger partial charge in [0.1, 0.15) is 13.2 Å². The van der Waals surface area contributed by atoms with E-state index in [1.165, 1.54) is 0 Å². The second-order valence-corrected chi connectivity index (χ2v) is 10.5. The number of amides is 3. The molecule has 3 amide bonds. The molecule has 0 aliphatic carbocycles. The minimum atomic E-state index is -0.506. The third-order valence-corrected chi connectivity index (χ3v) is 6.99. The van der Waals surface area contributed by atoms with E-state index in [-0.39, 0.29) is 11.4 Å². The molecule has 3 aromatic rings. The molecule has 7 nitrogen and oxygen atoms in total. The van der Waals surface area contributed by atoms with Crippen LogP contribution in [0.1, 0.15) is 48.9 Å². The van der Waals surface area contributed by atoms with Gasteiger partial charge in [-0.15, -0.1) is 0 Å². The number of thioether (sulfide) groups is 1. The van der Waals surface area contributed by atoms with E-state index in [1.54, 1.807) is 24.3 Å². The predicted molar refractivity (Wildman–Crippen MR) is 155 cm³/mol. The first-order chi connectivity index (χ1) is 18.7. The normalized spacial score (nSPS) is 14.3. The number of hydrogen-bond donors (Lipinski definition) is 1. The molecular weight excluding hydrogens is 512 g/mol. The van der Waals surface area contributed by atoms with Crippen LogP contribution in [0.2, 0.25) is 0 Å². The average molecular weight is 545 g/mol. The molecule has 0 bridgehead atoms. The predicted octanol–water partition coefficient (Wildman–Crippen LogP) is 6.77. The highest BCUT2D eigenvalue weighted by atomic mass is 32.2. The minimum Gasteiger partial charge on any atom is -0.490 e. The summed E-state index contributed by atoms with van der Waals surface area (Å²) in [5.74, 6) is 0.559. The molecule has 0 saturated carbocycles. The number of anilines is 1. The second-order valence-electron chi connectivity index (χ2n) is 9.51. The smallest absolute Gasteiger partial charge is 0.294 e. The summed E-state index contributed by atoms with van der Waals surface area (Å²) in [5, 5.41) is 2.26. The van der Waals surface area contributed by atoms with Crippen molar-refractivity contribution in [3.63, 3.8) is 0 Å². The van der Waals surface area contributed by atoms with E-state index in [4.69, 9.17) is 9.47 Å². The Labute approximate surface area is 233 Å². The van der Waals surface area contributed by atoms with E-state index >= 15 is 0 Å². The summed E-state index contributed by atoms with van der Waals surface area (Å²) in [6, 6.07) is 21.0. The van der Waals surface area contributed by atoms with Crippen molar-refractivity contribution in [3.8, 4) is 11.5 Å². The van der Waals surface area contributed by atoms with Gasteiger partial charge in [-0.05, 0) is 78.6 Å². The molecule has 0 spiro atoms. The number of ether oxygens (including phenoxy) is 2. The Hall–Kier alpha value is -4.04. The third kappa shape index (κ3) is 7.29. The third-order valence-electron chi connectivity index (χ3n) is 6.08. The molecule has 0 radical (unpaired) electrons. The largest absolute Gasteiger partial charge is 0.490 e. The molecular formula is C31H32N2O5S. The van der Waals surface area contributed by atoms with Crippen LogP contribution >= 0.6 is 11.8 Å². The Morgan fingerprint density at radius 1 is 1.00 bits per heavy atom. The lowest BCUT2D eigenvalue weighted by Gasteiger charge is -2.13. The zero-order valence-corrected chi connectivity index (χ0v) is 23.3. The van der Waals surface area contributed by atoms with Gasteiger partial charge in [-0.1, -0.05) is 61.9 Å². The van der Waals surface area contributed by atoms with Gasteiger partial charge in [0.25, 0.3) is 11.1 Å². The molecule has 1 fully saturated rings. The molecule has 0 aromatic heterocycles. The number of rotatable bonds is 10. The number of hydrogen-bond acceptors (Lipinski definition) is 6. The van der Waals surface area contributed by atoms with Crippen molar-refractivity contribution in [2.24, 2.45) is 0 Å². The molecule has 0 atom stereocenters. The first kappa shape index (κ1) is 28.0. The second kappa shape index (κ2) is 12.7. The number of aryl methyl sites for hydroxylation is 1. The van der Waals surface area contributed by atoms with Gasteiger partial charge in [0.15, 0.2) is 11.5 Å². The topological polar surface area (TPSA) is 84.9 Å². The van der Waals surface area contributed by atoms with Gasteiger partial charge in [-0.2, -0.15) is 0 Å². The van der Waals surface area contributed by atoms with E-state index in [0.29, 0.717) is 41.9 Å². The van der Waals surface area contributed by atoms with Crippen LogP contribution in [0, 0.1) is 6.92 Å². The van der Waals surface area contributed by atoms with E-state index in [1.807, 2.05) is 56.3 Å². The van der Waals surface area contributed by atoms with Gasteiger partial charge in [-0.3, -0.25) is 19.3 Å². The zero-order chi connectivity index (χ0) is 27.9. The molecule has 3 aromatic carbocycles. The number of carbonyl (C=O) groups is 3. The van der Waals surface area contributed by atoms with Gasteiger partial charge >= 0.3 is 0 Å². The van der Waals surface area contributed by atoms with Crippen molar-refractivity contribution >= 4 is 40.6 Å². The standard InChI is InChI=1S/C31H32N2O5S/c1-5-37-27-16-22(9-14-26(27)38-19-23-8-6-7-21(4)15-23)17-28-30(35)33(31(36)39-28)18-29(34)32-25-12-10-24(11-13-25)20(2)3/h6-17,20H,5,18-19H2,1-4H3,(H,32,34)/b28-17-. The first-order valence-corrected chi connectivity index (χ1v) is 13.7. The van der Waals surface area contributed by atoms with Crippen molar-refractivity contribution < 1.29 is 23.9 Å². The molecule has 202 valence electrons. The number of nitrogens with one attached hydrogen (secondary N) is 1. The van der Waals surface area contributed by atoms with E-state index in [9.17, 15) is 14.4 Å². The molecule has 1 aliphatic rings. The van der Waals surface area contributed by atoms with Crippen LogP contribution in [-0.2, 0) is 16.2 Å². The fourth-order valence-electron chi connectivity index (χ4n) is 4.05. The van der Waals surface area contributed by atoms with Crippen LogP contribution in [0.15, 0.2) is 71.6 Å². The van der Waals surface area contributed by atoms with Crippen LogP contribution in [0.3, 0.4) is 0 Å².